The molecule has 1 atom stereocenters. The third-order valence-electron chi connectivity index (χ3n) is 2.01. The molecular weight excluding hydrogens is 196 g/mol. The van der Waals surface area contributed by atoms with Gasteiger partial charge in [0.2, 0.25) is 0 Å². The number of carbonyl (C=O) groups is 2. The highest BCUT2D eigenvalue weighted by atomic mass is 16.4. The van der Waals surface area contributed by atoms with E-state index in [4.69, 9.17) is 5.11 Å². The maximum Gasteiger partial charge on any atom is 0.315 e. The Labute approximate surface area is 89.6 Å². The van der Waals surface area contributed by atoms with Gasteiger partial charge in [0, 0.05) is 13.1 Å². The summed E-state index contributed by atoms with van der Waals surface area (Å²) in [6, 6.07) is -0.373. The summed E-state index contributed by atoms with van der Waals surface area (Å²) in [5.41, 5.74) is 0. The van der Waals surface area contributed by atoms with Crippen LogP contribution in [0.1, 0.15) is 13.8 Å². The van der Waals surface area contributed by atoms with Crippen LogP contribution in [0.4, 0.5) is 4.79 Å². The molecule has 15 heavy (non-hydrogen) atoms. The molecule has 1 unspecified atom stereocenters. The first-order chi connectivity index (χ1) is 6.99. The van der Waals surface area contributed by atoms with Crippen LogP contribution in [-0.4, -0.2) is 30.2 Å². The Morgan fingerprint density at radius 2 is 2.00 bits per heavy atom. The second kappa shape index (κ2) is 6.86. The Morgan fingerprint density at radius 3 is 2.40 bits per heavy atom. The zero-order chi connectivity index (χ0) is 11.8. The molecule has 0 fully saturated rings. The first-order valence-corrected chi connectivity index (χ1v) is 4.84. The van der Waals surface area contributed by atoms with E-state index in [-0.39, 0.29) is 18.5 Å². The zero-order valence-corrected chi connectivity index (χ0v) is 9.12. The largest absolute Gasteiger partial charge is 0.481 e. The van der Waals surface area contributed by atoms with Crippen molar-refractivity contribution in [3.05, 3.63) is 12.7 Å². The Hall–Kier alpha value is -1.52. The minimum atomic E-state index is -0.894. The Kier molecular flexibility index (Phi) is 6.17. The van der Waals surface area contributed by atoms with Gasteiger partial charge in [-0.1, -0.05) is 19.9 Å². The molecule has 0 aliphatic rings. The highest BCUT2D eigenvalue weighted by Gasteiger charge is 2.21. The Balaban J connectivity index is 3.94. The number of carboxylic acids is 1. The van der Waals surface area contributed by atoms with E-state index in [1.165, 1.54) is 0 Å². The fourth-order valence-corrected chi connectivity index (χ4v) is 1.04. The van der Waals surface area contributed by atoms with Crippen LogP contribution in [0.3, 0.4) is 0 Å². The summed E-state index contributed by atoms with van der Waals surface area (Å²) < 4.78 is 0. The third kappa shape index (κ3) is 5.72. The summed E-state index contributed by atoms with van der Waals surface area (Å²) in [5, 5.41) is 13.9. The van der Waals surface area contributed by atoms with E-state index in [1.807, 2.05) is 13.8 Å². The minimum absolute atomic E-state index is 0.0118. The molecule has 0 saturated carbocycles. The minimum Gasteiger partial charge on any atom is -0.481 e. The lowest BCUT2D eigenvalue weighted by atomic mass is 9.96. The molecule has 0 spiro atoms. The average Bonchev–Trinajstić information content (AvgIpc) is 2.13. The monoisotopic (exact) mass is 214 g/mol. The fraction of sp³-hybridized carbons (Fsp3) is 0.600. The Bertz CT molecular complexity index is 239. The van der Waals surface area contributed by atoms with Crippen molar-refractivity contribution >= 4 is 12.0 Å². The number of carboxylic acid groups (broad SMARTS) is 1. The number of nitrogens with one attached hydrogen (secondary N) is 2. The predicted molar refractivity (Wildman–Crippen MR) is 57.6 cm³/mol. The standard InChI is InChI=1S/C10H18N2O3/c1-4-5-11-10(15)12-6-8(7(2)3)9(13)14/h4,7-8H,1,5-6H2,2-3H3,(H,13,14)(H2,11,12,15). The van der Waals surface area contributed by atoms with Crippen LogP contribution in [-0.2, 0) is 4.79 Å². The number of rotatable bonds is 6. The molecule has 0 rings (SSSR count). The second-order valence-electron chi connectivity index (χ2n) is 3.57. The number of hydrogen-bond donors (Lipinski definition) is 3. The predicted octanol–water partition coefficient (Wildman–Crippen LogP) is 0.828. The fourth-order valence-electron chi connectivity index (χ4n) is 1.04. The van der Waals surface area contributed by atoms with E-state index in [1.54, 1.807) is 6.08 Å². The zero-order valence-electron chi connectivity index (χ0n) is 9.12. The highest BCUT2D eigenvalue weighted by Crippen LogP contribution is 2.09. The van der Waals surface area contributed by atoms with Gasteiger partial charge in [-0.05, 0) is 5.92 Å². The first kappa shape index (κ1) is 13.5. The topological polar surface area (TPSA) is 78.4 Å². The lowest BCUT2D eigenvalue weighted by Crippen LogP contribution is -2.41. The molecule has 5 nitrogen and oxygen atoms in total. The Morgan fingerprint density at radius 1 is 1.40 bits per heavy atom. The summed E-state index contributed by atoms with van der Waals surface area (Å²) in [4.78, 5) is 21.9. The van der Waals surface area contributed by atoms with E-state index < -0.39 is 11.9 Å². The van der Waals surface area contributed by atoms with E-state index in [0.717, 1.165) is 0 Å². The molecule has 3 N–H and O–H groups in total. The number of amides is 2. The van der Waals surface area contributed by atoms with Crippen molar-refractivity contribution in [2.24, 2.45) is 11.8 Å². The van der Waals surface area contributed by atoms with Gasteiger partial charge in [0.05, 0.1) is 5.92 Å². The van der Waals surface area contributed by atoms with Gasteiger partial charge in [0.15, 0.2) is 0 Å². The smallest absolute Gasteiger partial charge is 0.315 e. The van der Waals surface area contributed by atoms with Crippen molar-refractivity contribution in [2.45, 2.75) is 13.8 Å². The van der Waals surface area contributed by atoms with Gasteiger partial charge in [-0.2, -0.15) is 0 Å². The lowest BCUT2D eigenvalue weighted by molar-refractivity contribution is -0.142. The maximum atomic E-state index is 11.1. The van der Waals surface area contributed by atoms with Gasteiger partial charge >= 0.3 is 12.0 Å². The number of aliphatic carboxylic acids is 1. The van der Waals surface area contributed by atoms with Crippen LogP contribution in [0, 0.1) is 11.8 Å². The molecule has 0 heterocycles. The molecule has 0 aliphatic heterocycles. The molecule has 5 heteroatoms. The van der Waals surface area contributed by atoms with Crippen LogP contribution < -0.4 is 10.6 Å². The van der Waals surface area contributed by atoms with E-state index >= 15 is 0 Å². The van der Waals surface area contributed by atoms with Crippen molar-refractivity contribution in [3.8, 4) is 0 Å². The number of urea groups is 1. The molecule has 0 aliphatic carbocycles. The van der Waals surface area contributed by atoms with E-state index in [2.05, 4.69) is 17.2 Å². The van der Waals surface area contributed by atoms with E-state index in [0.29, 0.717) is 6.54 Å². The van der Waals surface area contributed by atoms with Gasteiger partial charge in [0.1, 0.15) is 0 Å². The summed E-state index contributed by atoms with van der Waals surface area (Å²) in [6.45, 7) is 7.56. The molecule has 0 radical (unpaired) electrons. The van der Waals surface area contributed by atoms with Crippen LogP contribution in [0.5, 0.6) is 0 Å². The quantitative estimate of drug-likeness (QED) is 0.573. The van der Waals surface area contributed by atoms with Gasteiger partial charge in [-0.15, -0.1) is 6.58 Å². The van der Waals surface area contributed by atoms with Crippen molar-refractivity contribution in [3.63, 3.8) is 0 Å². The maximum absolute atomic E-state index is 11.1. The SMILES string of the molecule is C=CCNC(=O)NCC(C(=O)O)C(C)C. The molecule has 0 aromatic rings. The molecule has 0 bridgehead atoms. The summed E-state index contributed by atoms with van der Waals surface area (Å²) in [7, 11) is 0. The van der Waals surface area contributed by atoms with Crippen molar-refractivity contribution in [1.82, 2.24) is 10.6 Å². The van der Waals surface area contributed by atoms with Gasteiger partial charge in [-0.25, -0.2) is 4.79 Å². The molecule has 0 saturated heterocycles. The molecular formula is C10H18N2O3. The number of carbonyl (C=O) groups excluding carboxylic acids is 1. The molecule has 0 aromatic heterocycles. The summed E-state index contributed by atoms with van der Waals surface area (Å²) in [5.74, 6) is -1.46. The third-order valence-corrected chi connectivity index (χ3v) is 2.01. The average molecular weight is 214 g/mol. The van der Waals surface area contributed by atoms with Gasteiger partial charge in [0.25, 0.3) is 0 Å². The molecule has 86 valence electrons. The lowest BCUT2D eigenvalue weighted by Gasteiger charge is -2.16. The molecule has 0 aromatic carbocycles. The molecule has 2 amide bonds. The van der Waals surface area contributed by atoms with Crippen molar-refractivity contribution < 1.29 is 14.7 Å². The van der Waals surface area contributed by atoms with Crippen molar-refractivity contribution in [2.75, 3.05) is 13.1 Å². The summed E-state index contributed by atoms with van der Waals surface area (Å²) >= 11 is 0. The van der Waals surface area contributed by atoms with E-state index in [9.17, 15) is 9.59 Å². The van der Waals surface area contributed by atoms with Crippen LogP contribution in [0.25, 0.3) is 0 Å². The van der Waals surface area contributed by atoms with Gasteiger partial charge in [-0.3, -0.25) is 4.79 Å². The van der Waals surface area contributed by atoms with Crippen LogP contribution in [0.2, 0.25) is 0 Å². The summed E-state index contributed by atoms with van der Waals surface area (Å²) in [6.07, 6.45) is 1.55. The second-order valence-corrected chi connectivity index (χ2v) is 3.57. The highest BCUT2D eigenvalue weighted by molar-refractivity contribution is 5.76. The van der Waals surface area contributed by atoms with Gasteiger partial charge < -0.3 is 15.7 Å². The van der Waals surface area contributed by atoms with Crippen LogP contribution >= 0.6 is 0 Å². The van der Waals surface area contributed by atoms with Crippen LogP contribution in [0.15, 0.2) is 12.7 Å². The normalized spacial score (nSPS) is 11.9. The van der Waals surface area contributed by atoms with Crippen molar-refractivity contribution in [1.29, 1.82) is 0 Å². The number of hydrogen-bond acceptors (Lipinski definition) is 2. The first-order valence-electron chi connectivity index (χ1n) is 4.84.